The molecule has 0 unspecified atom stereocenters. The van der Waals surface area contributed by atoms with Crippen molar-refractivity contribution in [3.8, 4) is 28.3 Å². The monoisotopic (exact) mass is 574 g/mol. The number of para-hydroxylation sites is 1. The highest BCUT2D eigenvalue weighted by atomic mass is 19.1. The largest absolute Gasteiger partial charge is 0.485 e. The summed E-state index contributed by atoms with van der Waals surface area (Å²) in [5.74, 6) is 0.493. The van der Waals surface area contributed by atoms with Gasteiger partial charge in [-0.05, 0) is 35.4 Å². The van der Waals surface area contributed by atoms with Gasteiger partial charge in [0.1, 0.15) is 36.0 Å². The molecule has 4 aromatic heterocycles. The molecular weight excluding hydrogens is 547 g/mol. The van der Waals surface area contributed by atoms with E-state index < -0.39 is 18.4 Å². The van der Waals surface area contributed by atoms with Gasteiger partial charge in [-0.3, -0.25) is 4.40 Å². The molecule has 0 N–H and O–H groups in total. The van der Waals surface area contributed by atoms with Crippen LogP contribution in [0, 0.1) is 0 Å². The summed E-state index contributed by atoms with van der Waals surface area (Å²) in [4.78, 5) is 31.7. The average Bonchev–Trinajstić information content (AvgIpc) is 3.49. The van der Waals surface area contributed by atoms with Crippen molar-refractivity contribution in [1.29, 1.82) is 0 Å². The first-order valence-electron chi connectivity index (χ1n) is 14.0. The lowest BCUT2D eigenvalue weighted by atomic mass is 10.1. The van der Waals surface area contributed by atoms with E-state index in [0.717, 1.165) is 33.4 Å². The number of aromatic nitrogens is 5. The first kappa shape index (κ1) is 26.5. The van der Waals surface area contributed by atoms with Gasteiger partial charge in [0, 0.05) is 42.5 Å². The van der Waals surface area contributed by atoms with Crippen molar-refractivity contribution < 1.29 is 18.7 Å². The van der Waals surface area contributed by atoms with Gasteiger partial charge in [-0.2, -0.15) is 0 Å². The molecule has 0 spiro atoms. The van der Waals surface area contributed by atoms with Gasteiger partial charge < -0.3 is 14.4 Å². The maximum Gasteiger partial charge on any atom is 0.410 e. The normalized spacial score (nSPS) is 16.8. The van der Waals surface area contributed by atoms with Gasteiger partial charge in [-0.1, -0.05) is 48.5 Å². The molecule has 2 aromatic carbocycles. The van der Waals surface area contributed by atoms with Crippen LogP contribution in [-0.2, 0) is 11.3 Å². The van der Waals surface area contributed by atoms with Crippen LogP contribution in [0.1, 0.15) is 12.0 Å². The minimum absolute atomic E-state index is 0.0966. The number of alkyl halides is 1. The van der Waals surface area contributed by atoms with Crippen molar-refractivity contribution in [2.45, 2.75) is 25.3 Å². The molecule has 0 saturated carbocycles. The molecule has 1 saturated heterocycles. The molecule has 1 fully saturated rings. The number of piperidine rings is 1. The molecule has 6 aromatic rings. The second-order valence-corrected chi connectivity index (χ2v) is 10.4. The van der Waals surface area contributed by atoms with Gasteiger partial charge in [-0.15, -0.1) is 0 Å². The van der Waals surface area contributed by atoms with Crippen molar-refractivity contribution in [2.24, 2.45) is 0 Å². The van der Waals surface area contributed by atoms with Crippen molar-refractivity contribution in [3.63, 3.8) is 0 Å². The summed E-state index contributed by atoms with van der Waals surface area (Å²) in [6.07, 6.45) is 6.46. The fourth-order valence-electron chi connectivity index (χ4n) is 5.31. The third-order valence-electron chi connectivity index (χ3n) is 7.58. The maximum atomic E-state index is 15.3. The topological polar surface area (TPSA) is 94.7 Å². The van der Waals surface area contributed by atoms with Gasteiger partial charge >= 0.3 is 6.09 Å². The zero-order valence-corrected chi connectivity index (χ0v) is 23.1. The first-order chi connectivity index (χ1) is 21.1. The van der Waals surface area contributed by atoms with E-state index >= 15 is 4.39 Å². The van der Waals surface area contributed by atoms with Gasteiger partial charge in [0.25, 0.3) is 0 Å². The number of carbonyl (C=O) groups excluding carboxylic acids is 1. The van der Waals surface area contributed by atoms with Crippen LogP contribution in [0.2, 0.25) is 0 Å². The Morgan fingerprint density at radius 2 is 1.81 bits per heavy atom. The Labute approximate surface area is 246 Å². The van der Waals surface area contributed by atoms with E-state index in [2.05, 4.69) is 15.0 Å². The highest BCUT2D eigenvalue weighted by Crippen LogP contribution is 2.31. The number of hydrogen-bond donors (Lipinski definition) is 0. The lowest BCUT2D eigenvalue weighted by Gasteiger charge is -2.34. The molecule has 1 aliphatic rings. The standard InChI is InChI=1S/C33H27FN6O3/c34-26-19-39(33(41)42-20-22-5-2-1-3-6-22)13-12-29(26)43-30-8-4-7-23-9-10-27(38-32(23)30)28-18-37-31-15-24(11-14-40(28)31)25-16-35-21-36-17-25/h1-11,14-18,21,26,29H,12-13,19-20H2/t26-,29-/m0/s1. The van der Waals surface area contributed by atoms with Crippen LogP contribution in [0.25, 0.3) is 39.1 Å². The fourth-order valence-corrected chi connectivity index (χ4v) is 5.31. The maximum absolute atomic E-state index is 15.3. The average molecular weight is 575 g/mol. The van der Waals surface area contributed by atoms with Crippen molar-refractivity contribution in [1.82, 2.24) is 29.2 Å². The Morgan fingerprint density at radius 1 is 0.953 bits per heavy atom. The number of imidazole rings is 1. The Bertz CT molecular complexity index is 1900. The van der Waals surface area contributed by atoms with Gasteiger partial charge in [-0.25, -0.2) is 29.1 Å². The number of hydrogen-bond acceptors (Lipinski definition) is 7. The zero-order valence-electron chi connectivity index (χ0n) is 23.1. The number of nitrogens with zero attached hydrogens (tertiary/aromatic N) is 6. The number of rotatable bonds is 6. The number of halogens is 1. The lowest BCUT2D eigenvalue weighted by molar-refractivity contribution is 0.0153. The van der Waals surface area contributed by atoms with Crippen LogP contribution < -0.4 is 4.74 Å². The van der Waals surface area contributed by atoms with E-state index in [1.807, 2.05) is 77.3 Å². The fraction of sp³-hybridized carbons (Fsp3) is 0.182. The summed E-state index contributed by atoms with van der Waals surface area (Å²) >= 11 is 0. The van der Waals surface area contributed by atoms with Crippen LogP contribution in [0.15, 0.2) is 104 Å². The molecule has 0 aliphatic carbocycles. The van der Waals surface area contributed by atoms with Crippen LogP contribution in [-0.4, -0.2) is 60.7 Å². The lowest BCUT2D eigenvalue weighted by Crippen LogP contribution is -2.49. The van der Waals surface area contributed by atoms with Crippen LogP contribution >= 0.6 is 0 Å². The van der Waals surface area contributed by atoms with E-state index in [-0.39, 0.29) is 13.2 Å². The van der Waals surface area contributed by atoms with Gasteiger partial charge in [0.05, 0.1) is 24.1 Å². The van der Waals surface area contributed by atoms with E-state index in [1.54, 1.807) is 24.7 Å². The number of benzene rings is 2. The third kappa shape index (κ3) is 5.46. The van der Waals surface area contributed by atoms with Crippen molar-refractivity contribution >= 4 is 22.6 Å². The van der Waals surface area contributed by atoms with Crippen LogP contribution in [0.4, 0.5) is 9.18 Å². The smallest absolute Gasteiger partial charge is 0.410 e. The van der Waals surface area contributed by atoms with Crippen LogP contribution in [0.3, 0.4) is 0 Å². The number of carbonyl (C=O) groups is 1. The molecule has 0 bridgehead atoms. The Hall–Kier alpha value is -5.38. The predicted octanol–water partition coefficient (Wildman–Crippen LogP) is 6.13. The summed E-state index contributed by atoms with van der Waals surface area (Å²) in [6.45, 7) is 0.383. The van der Waals surface area contributed by atoms with E-state index in [1.165, 1.54) is 11.2 Å². The minimum Gasteiger partial charge on any atom is -0.485 e. The van der Waals surface area contributed by atoms with E-state index in [0.29, 0.717) is 29.9 Å². The quantitative estimate of drug-likeness (QED) is 0.236. The molecule has 10 heteroatoms. The summed E-state index contributed by atoms with van der Waals surface area (Å²) < 4.78 is 28.9. The number of likely N-dealkylation sites (tertiary alicyclic amines) is 1. The molecule has 5 heterocycles. The molecule has 214 valence electrons. The summed E-state index contributed by atoms with van der Waals surface area (Å²) in [5, 5.41) is 0.874. The summed E-state index contributed by atoms with van der Waals surface area (Å²) in [6, 6.07) is 22.9. The zero-order chi connectivity index (χ0) is 29.2. The number of fused-ring (bicyclic) bond motifs is 2. The first-order valence-corrected chi connectivity index (χ1v) is 14.0. The minimum atomic E-state index is -1.38. The molecule has 43 heavy (non-hydrogen) atoms. The molecule has 7 rings (SSSR count). The van der Waals surface area contributed by atoms with Gasteiger partial charge in [0.15, 0.2) is 6.17 Å². The van der Waals surface area contributed by atoms with Crippen molar-refractivity contribution in [2.75, 3.05) is 13.1 Å². The molecular formula is C33H27FN6O3. The molecule has 1 amide bonds. The number of pyridine rings is 2. The Morgan fingerprint density at radius 3 is 2.65 bits per heavy atom. The predicted molar refractivity (Wildman–Crippen MR) is 159 cm³/mol. The highest BCUT2D eigenvalue weighted by molar-refractivity contribution is 5.86. The summed E-state index contributed by atoms with van der Waals surface area (Å²) in [7, 11) is 0. The Kier molecular flexibility index (Phi) is 7.08. The number of amides is 1. The van der Waals surface area contributed by atoms with E-state index in [4.69, 9.17) is 14.5 Å². The third-order valence-corrected chi connectivity index (χ3v) is 7.58. The number of ether oxygens (including phenoxy) is 2. The summed E-state index contributed by atoms with van der Waals surface area (Å²) in [5.41, 5.74) is 5.66. The highest BCUT2D eigenvalue weighted by Gasteiger charge is 2.34. The molecule has 0 radical (unpaired) electrons. The van der Waals surface area contributed by atoms with E-state index in [9.17, 15) is 4.79 Å². The molecule has 2 atom stereocenters. The SMILES string of the molecule is O=C(OCc1ccccc1)N1CC[C@H](Oc2cccc3ccc(-c4cnc5cc(-c6cncnc6)ccn45)nc23)[C@@H](F)C1. The second-order valence-electron chi connectivity index (χ2n) is 10.4. The molecule has 9 nitrogen and oxygen atoms in total. The second kappa shape index (κ2) is 11.5. The van der Waals surface area contributed by atoms with Crippen LogP contribution in [0.5, 0.6) is 5.75 Å². The van der Waals surface area contributed by atoms with Gasteiger partial charge in [0.2, 0.25) is 0 Å². The van der Waals surface area contributed by atoms with Crippen molar-refractivity contribution in [3.05, 3.63) is 109 Å². The Balaban J connectivity index is 1.08. The molecule has 1 aliphatic heterocycles.